The van der Waals surface area contributed by atoms with Gasteiger partial charge in [-0.05, 0) is 76.2 Å². The maximum atomic E-state index is 13.0. The van der Waals surface area contributed by atoms with Gasteiger partial charge in [0.2, 0.25) is 0 Å². The zero-order valence-corrected chi connectivity index (χ0v) is 18.5. The van der Waals surface area contributed by atoms with Crippen LogP contribution in [0.2, 0.25) is 0 Å². The van der Waals surface area contributed by atoms with Crippen molar-refractivity contribution in [2.75, 3.05) is 32.8 Å². The van der Waals surface area contributed by atoms with Crippen molar-refractivity contribution >= 4 is 11.0 Å². The van der Waals surface area contributed by atoms with E-state index in [1.54, 1.807) is 0 Å². The minimum Gasteiger partial charge on any atom is -0.378 e. The zero-order valence-electron chi connectivity index (χ0n) is 18.5. The molecule has 2 fully saturated rings. The predicted molar refractivity (Wildman–Crippen MR) is 122 cm³/mol. The van der Waals surface area contributed by atoms with Gasteiger partial charge in [0.05, 0.1) is 23.2 Å². The molecule has 30 heavy (non-hydrogen) atoms. The minimum absolute atomic E-state index is 0.126. The second kappa shape index (κ2) is 10.6. The van der Waals surface area contributed by atoms with E-state index in [0.717, 1.165) is 88.8 Å². The van der Waals surface area contributed by atoms with Crippen molar-refractivity contribution in [2.24, 2.45) is 7.05 Å². The van der Waals surface area contributed by atoms with Crippen molar-refractivity contribution in [3.8, 4) is 0 Å². The lowest BCUT2D eigenvalue weighted by atomic mass is 10.0. The Labute approximate surface area is 180 Å². The second-order valence-corrected chi connectivity index (χ2v) is 8.98. The van der Waals surface area contributed by atoms with Crippen LogP contribution >= 0.6 is 0 Å². The van der Waals surface area contributed by atoms with Gasteiger partial charge < -0.3 is 15.4 Å². The largest absolute Gasteiger partial charge is 0.378 e. The first kappa shape index (κ1) is 21.6. The van der Waals surface area contributed by atoms with Gasteiger partial charge in [0.15, 0.2) is 0 Å². The number of para-hydroxylation sites is 1. The molecule has 2 saturated heterocycles. The molecule has 2 aliphatic rings. The molecule has 1 atom stereocenters. The standard InChI is InChI=1S/C24H38N4O2/c1-27-23-19(8-4-2-3-5-17-30-21-12-15-25-16-13-21)9-6-11-22(23)28(24(27)29)20-10-7-14-26-18-20/h6,9,11,20-21,25-26H,2-5,7-8,10,12-18H2,1H3. The molecule has 2 N–H and O–H groups in total. The molecule has 3 heterocycles. The summed E-state index contributed by atoms with van der Waals surface area (Å²) >= 11 is 0. The summed E-state index contributed by atoms with van der Waals surface area (Å²) in [7, 11) is 1.93. The van der Waals surface area contributed by atoms with Crippen LogP contribution < -0.4 is 16.3 Å². The lowest BCUT2D eigenvalue weighted by Crippen LogP contribution is -2.36. The van der Waals surface area contributed by atoms with Crippen LogP contribution in [0.1, 0.15) is 63.0 Å². The first-order valence-electron chi connectivity index (χ1n) is 12.0. The number of aryl methyl sites for hydroxylation is 2. The molecule has 1 aromatic heterocycles. The van der Waals surface area contributed by atoms with E-state index in [0.29, 0.717) is 6.10 Å². The number of aromatic nitrogens is 2. The van der Waals surface area contributed by atoms with Crippen molar-refractivity contribution in [3.05, 3.63) is 34.2 Å². The predicted octanol–water partition coefficient (Wildman–Crippen LogP) is 3.14. The summed E-state index contributed by atoms with van der Waals surface area (Å²) in [6.07, 6.45) is 10.8. The fourth-order valence-corrected chi connectivity index (χ4v) is 5.11. The van der Waals surface area contributed by atoms with Gasteiger partial charge in [0.25, 0.3) is 0 Å². The van der Waals surface area contributed by atoms with Gasteiger partial charge in [-0.3, -0.25) is 9.13 Å². The molecule has 4 rings (SSSR count). The van der Waals surface area contributed by atoms with Gasteiger partial charge in [-0.15, -0.1) is 0 Å². The zero-order chi connectivity index (χ0) is 20.8. The highest BCUT2D eigenvalue weighted by molar-refractivity contribution is 5.80. The third kappa shape index (κ3) is 4.98. The summed E-state index contributed by atoms with van der Waals surface area (Å²) in [6, 6.07) is 6.71. The number of nitrogens with zero attached hydrogens (tertiary/aromatic N) is 2. The molecule has 0 amide bonds. The molecule has 6 heteroatoms. The number of piperidine rings is 2. The molecular formula is C24H38N4O2. The van der Waals surface area contributed by atoms with Gasteiger partial charge in [0, 0.05) is 20.2 Å². The smallest absolute Gasteiger partial charge is 0.329 e. The molecule has 166 valence electrons. The maximum Gasteiger partial charge on any atom is 0.329 e. The van der Waals surface area contributed by atoms with E-state index in [2.05, 4.69) is 28.8 Å². The summed E-state index contributed by atoms with van der Waals surface area (Å²) < 4.78 is 9.91. The Morgan fingerprint density at radius 1 is 1.03 bits per heavy atom. The molecule has 0 saturated carbocycles. The highest BCUT2D eigenvalue weighted by Crippen LogP contribution is 2.25. The second-order valence-electron chi connectivity index (χ2n) is 8.98. The Bertz CT molecular complexity index is 860. The average Bonchev–Trinajstić information content (AvgIpc) is 3.05. The molecule has 0 aliphatic carbocycles. The topological polar surface area (TPSA) is 60.2 Å². The molecule has 0 bridgehead atoms. The fourth-order valence-electron chi connectivity index (χ4n) is 5.11. The van der Waals surface area contributed by atoms with Crippen molar-refractivity contribution in [2.45, 2.75) is 69.9 Å². The number of ether oxygens (including phenoxy) is 1. The molecule has 0 spiro atoms. The number of rotatable bonds is 9. The SMILES string of the molecule is Cn1c(=O)n(C2CCCNC2)c2cccc(CCCCCCOC3CCNCC3)c21. The van der Waals surface area contributed by atoms with Crippen molar-refractivity contribution in [1.29, 1.82) is 0 Å². The minimum atomic E-state index is 0.126. The number of nitrogens with one attached hydrogen (secondary N) is 2. The van der Waals surface area contributed by atoms with Crippen LogP contribution in [0.3, 0.4) is 0 Å². The number of benzene rings is 1. The van der Waals surface area contributed by atoms with E-state index >= 15 is 0 Å². The van der Waals surface area contributed by atoms with Gasteiger partial charge in [-0.1, -0.05) is 25.0 Å². The molecule has 2 aromatic rings. The monoisotopic (exact) mass is 414 g/mol. The van der Waals surface area contributed by atoms with E-state index in [1.807, 2.05) is 16.2 Å². The average molecular weight is 415 g/mol. The third-order valence-electron chi connectivity index (χ3n) is 6.80. The van der Waals surface area contributed by atoms with Crippen molar-refractivity contribution in [3.63, 3.8) is 0 Å². The summed E-state index contributed by atoms with van der Waals surface area (Å²) in [5.74, 6) is 0. The molecule has 0 radical (unpaired) electrons. The van der Waals surface area contributed by atoms with Crippen LogP contribution in [0.5, 0.6) is 0 Å². The highest BCUT2D eigenvalue weighted by Gasteiger charge is 2.22. The highest BCUT2D eigenvalue weighted by atomic mass is 16.5. The maximum absolute atomic E-state index is 13.0. The Morgan fingerprint density at radius 3 is 2.67 bits per heavy atom. The summed E-state index contributed by atoms with van der Waals surface area (Å²) in [4.78, 5) is 13.0. The summed E-state index contributed by atoms with van der Waals surface area (Å²) in [5, 5.41) is 6.83. The summed E-state index contributed by atoms with van der Waals surface area (Å²) in [5.41, 5.74) is 3.66. The Morgan fingerprint density at radius 2 is 1.87 bits per heavy atom. The number of hydrogen-bond acceptors (Lipinski definition) is 4. The van der Waals surface area contributed by atoms with Crippen LogP contribution in [-0.2, 0) is 18.2 Å². The Kier molecular flexibility index (Phi) is 7.63. The van der Waals surface area contributed by atoms with E-state index in [-0.39, 0.29) is 11.7 Å². The molecule has 2 aliphatic heterocycles. The number of imidazole rings is 1. The van der Waals surface area contributed by atoms with Crippen molar-refractivity contribution in [1.82, 2.24) is 19.8 Å². The van der Waals surface area contributed by atoms with Gasteiger partial charge >= 0.3 is 5.69 Å². The molecule has 6 nitrogen and oxygen atoms in total. The number of hydrogen-bond donors (Lipinski definition) is 2. The van der Waals surface area contributed by atoms with Crippen LogP contribution in [0.4, 0.5) is 0 Å². The van der Waals surface area contributed by atoms with Crippen molar-refractivity contribution < 1.29 is 4.74 Å². The third-order valence-corrected chi connectivity index (χ3v) is 6.80. The first-order valence-corrected chi connectivity index (χ1v) is 12.0. The quantitative estimate of drug-likeness (QED) is 0.619. The van der Waals surface area contributed by atoms with Crippen LogP contribution in [-0.4, -0.2) is 48.0 Å². The molecular weight excluding hydrogens is 376 g/mol. The number of unbranched alkanes of at least 4 members (excludes halogenated alkanes) is 3. The lowest BCUT2D eigenvalue weighted by molar-refractivity contribution is 0.0307. The van der Waals surface area contributed by atoms with Crippen LogP contribution in [0.25, 0.3) is 11.0 Å². The normalized spacial score (nSPS) is 20.8. The van der Waals surface area contributed by atoms with E-state index in [4.69, 9.17) is 4.74 Å². The van der Waals surface area contributed by atoms with E-state index < -0.39 is 0 Å². The lowest BCUT2D eigenvalue weighted by Gasteiger charge is -2.24. The molecule has 1 unspecified atom stereocenters. The van der Waals surface area contributed by atoms with Crippen LogP contribution in [0, 0.1) is 0 Å². The van der Waals surface area contributed by atoms with Crippen LogP contribution in [0.15, 0.2) is 23.0 Å². The first-order chi connectivity index (χ1) is 14.8. The summed E-state index contributed by atoms with van der Waals surface area (Å²) in [6.45, 7) is 5.04. The van der Waals surface area contributed by atoms with E-state index in [9.17, 15) is 4.79 Å². The van der Waals surface area contributed by atoms with Gasteiger partial charge in [-0.25, -0.2) is 4.79 Å². The number of fused-ring (bicyclic) bond motifs is 1. The Balaban J connectivity index is 1.30. The Hall–Kier alpha value is -1.63. The fraction of sp³-hybridized carbons (Fsp3) is 0.708. The van der Waals surface area contributed by atoms with E-state index in [1.165, 1.54) is 18.4 Å². The van der Waals surface area contributed by atoms with Gasteiger partial charge in [-0.2, -0.15) is 0 Å². The van der Waals surface area contributed by atoms with Gasteiger partial charge in [0.1, 0.15) is 0 Å². The molecule has 1 aromatic carbocycles.